The molecule has 0 aliphatic rings. The van der Waals surface area contributed by atoms with Crippen LogP contribution in [0.25, 0.3) is 0 Å². The molecule has 1 unspecified atom stereocenters. The van der Waals surface area contributed by atoms with E-state index in [0.717, 1.165) is 11.1 Å². The summed E-state index contributed by atoms with van der Waals surface area (Å²) in [7, 11) is 0. The SMILES string of the molecule is Cc1ccc(NC(=O)C(C#N)C(=O)CCC(C)C)c(C)c1. The topological polar surface area (TPSA) is 70.0 Å². The van der Waals surface area contributed by atoms with Crippen LogP contribution in [-0.4, -0.2) is 11.7 Å². The fraction of sp³-hybridized carbons (Fsp3) is 0.471. The van der Waals surface area contributed by atoms with Gasteiger partial charge in [0.25, 0.3) is 0 Å². The van der Waals surface area contributed by atoms with Crippen molar-refractivity contribution in [2.24, 2.45) is 11.8 Å². The Balaban J connectivity index is 2.76. The van der Waals surface area contributed by atoms with Crippen molar-refractivity contribution in [1.29, 1.82) is 5.26 Å². The fourth-order valence-electron chi connectivity index (χ4n) is 2.01. The zero-order valence-corrected chi connectivity index (χ0v) is 13.1. The summed E-state index contributed by atoms with van der Waals surface area (Å²) in [6.45, 7) is 7.85. The molecule has 1 atom stereocenters. The Morgan fingerprint density at radius 3 is 2.48 bits per heavy atom. The molecule has 0 spiro atoms. The number of benzene rings is 1. The molecule has 0 saturated carbocycles. The van der Waals surface area contributed by atoms with E-state index in [1.807, 2.05) is 45.9 Å². The van der Waals surface area contributed by atoms with Crippen molar-refractivity contribution in [2.45, 2.75) is 40.5 Å². The minimum Gasteiger partial charge on any atom is -0.324 e. The van der Waals surface area contributed by atoms with Crippen LogP contribution >= 0.6 is 0 Å². The summed E-state index contributed by atoms with van der Waals surface area (Å²) < 4.78 is 0. The quantitative estimate of drug-likeness (QED) is 0.815. The molecular weight excluding hydrogens is 264 g/mol. The monoisotopic (exact) mass is 286 g/mol. The Morgan fingerprint density at radius 2 is 1.95 bits per heavy atom. The average Bonchev–Trinajstić information content (AvgIpc) is 2.40. The highest BCUT2D eigenvalue weighted by molar-refractivity contribution is 6.09. The molecular formula is C17H22N2O2. The van der Waals surface area contributed by atoms with Gasteiger partial charge in [-0.05, 0) is 37.8 Å². The summed E-state index contributed by atoms with van der Waals surface area (Å²) in [6.07, 6.45) is 0.948. The molecule has 1 N–H and O–H groups in total. The third-order valence-corrected chi connectivity index (χ3v) is 3.32. The first kappa shape index (κ1) is 16.9. The third kappa shape index (κ3) is 5.03. The summed E-state index contributed by atoms with van der Waals surface area (Å²) in [6, 6.07) is 7.42. The highest BCUT2D eigenvalue weighted by Gasteiger charge is 2.26. The van der Waals surface area contributed by atoms with Gasteiger partial charge in [-0.15, -0.1) is 0 Å². The average molecular weight is 286 g/mol. The molecule has 4 nitrogen and oxygen atoms in total. The van der Waals surface area contributed by atoms with E-state index in [-0.39, 0.29) is 12.2 Å². The van der Waals surface area contributed by atoms with Crippen LogP contribution in [0.3, 0.4) is 0 Å². The molecule has 0 aromatic heterocycles. The molecule has 0 heterocycles. The molecule has 1 rings (SSSR count). The summed E-state index contributed by atoms with van der Waals surface area (Å²) >= 11 is 0. The number of nitriles is 1. The second-order valence-corrected chi connectivity index (χ2v) is 5.77. The predicted molar refractivity (Wildman–Crippen MR) is 82.7 cm³/mol. The van der Waals surface area contributed by atoms with Crippen LogP contribution in [0, 0.1) is 37.0 Å². The van der Waals surface area contributed by atoms with Gasteiger partial charge in [0.15, 0.2) is 11.7 Å². The van der Waals surface area contributed by atoms with Crippen molar-refractivity contribution in [3.05, 3.63) is 29.3 Å². The van der Waals surface area contributed by atoms with Crippen molar-refractivity contribution in [1.82, 2.24) is 0 Å². The number of nitrogens with one attached hydrogen (secondary N) is 1. The maximum atomic E-state index is 12.1. The molecule has 0 bridgehead atoms. The fourth-order valence-corrected chi connectivity index (χ4v) is 2.01. The van der Waals surface area contributed by atoms with Crippen LogP contribution in [0.1, 0.15) is 37.8 Å². The van der Waals surface area contributed by atoms with E-state index < -0.39 is 11.8 Å². The first-order valence-corrected chi connectivity index (χ1v) is 7.15. The van der Waals surface area contributed by atoms with Gasteiger partial charge in [-0.2, -0.15) is 5.26 Å². The maximum absolute atomic E-state index is 12.1. The molecule has 0 aliphatic carbocycles. The van der Waals surface area contributed by atoms with Crippen molar-refractivity contribution < 1.29 is 9.59 Å². The Kier molecular flexibility index (Phi) is 6.10. The smallest absolute Gasteiger partial charge is 0.249 e. The van der Waals surface area contributed by atoms with E-state index in [1.54, 1.807) is 6.07 Å². The number of ketones is 1. The summed E-state index contributed by atoms with van der Waals surface area (Å²) in [4.78, 5) is 24.1. The van der Waals surface area contributed by atoms with Crippen LogP contribution in [0.4, 0.5) is 5.69 Å². The van der Waals surface area contributed by atoms with Crippen molar-refractivity contribution >= 4 is 17.4 Å². The standard InChI is InChI=1S/C17H22N2O2/c1-11(2)5-8-16(20)14(10-18)17(21)19-15-7-6-12(3)9-13(15)4/h6-7,9,11,14H,5,8H2,1-4H3,(H,19,21). The highest BCUT2D eigenvalue weighted by atomic mass is 16.2. The Hall–Kier alpha value is -2.15. The van der Waals surface area contributed by atoms with Gasteiger partial charge in [-0.3, -0.25) is 9.59 Å². The molecule has 1 aromatic rings. The second kappa shape index (κ2) is 7.58. The Morgan fingerprint density at radius 1 is 1.29 bits per heavy atom. The number of aryl methyl sites for hydroxylation is 2. The molecule has 0 aliphatic heterocycles. The molecule has 0 radical (unpaired) electrons. The summed E-state index contributed by atoms with van der Waals surface area (Å²) in [5.41, 5.74) is 2.65. The second-order valence-electron chi connectivity index (χ2n) is 5.77. The Bertz CT molecular complexity index is 571. The van der Waals surface area contributed by atoms with Gasteiger partial charge >= 0.3 is 0 Å². The van der Waals surface area contributed by atoms with Crippen LogP contribution in [0.15, 0.2) is 18.2 Å². The van der Waals surface area contributed by atoms with Gasteiger partial charge in [0, 0.05) is 12.1 Å². The molecule has 112 valence electrons. The van der Waals surface area contributed by atoms with Gasteiger partial charge in [0.1, 0.15) is 0 Å². The number of carbonyl (C=O) groups excluding carboxylic acids is 2. The predicted octanol–water partition coefficient (Wildman–Crippen LogP) is 3.39. The number of carbonyl (C=O) groups is 2. The normalized spacial score (nSPS) is 11.8. The van der Waals surface area contributed by atoms with E-state index in [0.29, 0.717) is 18.0 Å². The van der Waals surface area contributed by atoms with Crippen molar-refractivity contribution in [3.8, 4) is 6.07 Å². The molecule has 0 saturated heterocycles. The number of hydrogen-bond donors (Lipinski definition) is 1. The summed E-state index contributed by atoms with van der Waals surface area (Å²) in [5, 5.41) is 11.8. The van der Waals surface area contributed by atoms with Gasteiger partial charge in [-0.1, -0.05) is 31.5 Å². The molecule has 4 heteroatoms. The lowest BCUT2D eigenvalue weighted by Crippen LogP contribution is -2.29. The van der Waals surface area contributed by atoms with Gasteiger partial charge in [0.05, 0.1) is 6.07 Å². The summed E-state index contributed by atoms with van der Waals surface area (Å²) in [5.74, 6) is -1.72. The molecule has 21 heavy (non-hydrogen) atoms. The zero-order chi connectivity index (χ0) is 16.0. The number of hydrogen-bond acceptors (Lipinski definition) is 3. The lowest BCUT2D eigenvalue weighted by Gasteiger charge is -2.12. The van der Waals surface area contributed by atoms with Crippen molar-refractivity contribution in [2.75, 3.05) is 5.32 Å². The Labute approximate surface area is 126 Å². The lowest BCUT2D eigenvalue weighted by atomic mass is 9.97. The van der Waals surface area contributed by atoms with Crippen LogP contribution in [0.5, 0.6) is 0 Å². The lowest BCUT2D eigenvalue weighted by molar-refractivity contribution is -0.129. The van der Waals surface area contributed by atoms with Crippen molar-refractivity contribution in [3.63, 3.8) is 0 Å². The maximum Gasteiger partial charge on any atom is 0.249 e. The number of nitrogens with zero attached hydrogens (tertiary/aromatic N) is 1. The van der Waals surface area contributed by atoms with E-state index in [9.17, 15) is 9.59 Å². The van der Waals surface area contributed by atoms with E-state index in [4.69, 9.17) is 5.26 Å². The zero-order valence-electron chi connectivity index (χ0n) is 13.1. The van der Waals surface area contributed by atoms with Crippen LogP contribution in [0.2, 0.25) is 0 Å². The van der Waals surface area contributed by atoms with E-state index in [2.05, 4.69) is 5.32 Å². The number of rotatable bonds is 6. The molecule has 1 aromatic carbocycles. The van der Waals surface area contributed by atoms with Gasteiger partial charge < -0.3 is 5.32 Å². The number of Topliss-reactive ketones (excluding diaryl/α,β-unsaturated/α-hetero) is 1. The number of anilines is 1. The van der Waals surface area contributed by atoms with Gasteiger partial charge in [-0.25, -0.2) is 0 Å². The minimum absolute atomic E-state index is 0.260. The highest BCUT2D eigenvalue weighted by Crippen LogP contribution is 2.18. The largest absolute Gasteiger partial charge is 0.324 e. The number of amides is 1. The first-order chi connectivity index (χ1) is 9.85. The molecule has 1 amide bonds. The first-order valence-electron chi connectivity index (χ1n) is 7.15. The van der Waals surface area contributed by atoms with Gasteiger partial charge in [0.2, 0.25) is 5.91 Å². The minimum atomic E-state index is -1.23. The van der Waals surface area contributed by atoms with Crippen LogP contribution < -0.4 is 5.32 Å². The van der Waals surface area contributed by atoms with Crippen LogP contribution in [-0.2, 0) is 9.59 Å². The third-order valence-electron chi connectivity index (χ3n) is 3.32. The molecule has 0 fully saturated rings. The van der Waals surface area contributed by atoms with E-state index in [1.165, 1.54) is 0 Å². The van der Waals surface area contributed by atoms with E-state index >= 15 is 0 Å².